The van der Waals surface area contributed by atoms with Gasteiger partial charge in [-0.25, -0.2) is 0 Å². The van der Waals surface area contributed by atoms with Gasteiger partial charge < -0.3 is 4.90 Å². The number of benzene rings is 12. The molecular weight excluding hydrogens is 939 g/mol. The summed E-state index contributed by atoms with van der Waals surface area (Å²) in [6.07, 6.45) is 0. The van der Waals surface area contributed by atoms with Crippen molar-refractivity contribution in [3.8, 4) is 66.8 Å². The maximum absolute atomic E-state index is 2.48. The molecule has 0 heterocycles. The standard InChI is InChI=1S/C77H53N/c1-75(2)73-48-55(51-22-7-4-8-23-51)38-43-62(73)63-44-42-58(49-74(63)75)78(56-40-36-52(37-41-56)50-20-5-3-6-21-50)57-25-19-24-53(46-57)54-39-45-68-64(47-54)61-28-11-14-31-67(61)77(68)71-34-17-15-32-69(71)76(70-33-16-18-35-72(70)77)65-29-12-9-26-59(65)60-27-10-13-30-66(60)76/h3-49H,1-2H3. The van der Waals surface area contributed by atoms with Crippen LogP contribution in [-0.4, -0.2) is 0 Å². The van der Waals surface area contributed by atoms with E-state index >= 15 is 0 Å². The Labute approximate surface area is 457 Å². The second-order valence-electron chi connectivity index (χ2n) is 22.3. The van der Waals surface area contributed by atoms with Crippen molar-refractivity contribution in [1.82, 2.24) is 0 Å². The van der Waals surface area contributed by atoms with Gasteiger partial charge in [0.1, 0.15) is 0 Å². The van der Waals surface area contributed by atoms with Crippen LogP contribution < -0.4 is 4.90 Å². The van der Waals surface area contributed by atoms with E-state index in [9.17, 15) is 0 Å². The summed E-state index contributed by atoms with van der Waals surface area (Å²) < 4.78 is 0. The van der Waals surface area contributed by atoms with E-state index in [0.29, 0.717) is 0 Å². The first-order chi connectivity index (χ1) is 38.4. The molecule has 1 nitrogen and oxygen atoms in total. The van der Waals surface area contributed by atoms with Crippen molar-refractivity contribution >= 4 is 17.1 Å². The average molecular weight is 992 g/mol. The predicted octanol–water partition coefficient (Wildman–Crippen LogP) is 19.5. The number of hydrogen-bond donors (Lipinski definition) is 0. The molecule has 0 unspecified atom stereocenters. The lowest BCUT2D eigenvalue weighted by Crippen LogP contribution is -2.43. The van der Waals surface area contributed by atoms with Gasteiger partial charge in [-0.2, -0.15) is 0 Å². The van der Waals surface area contributed by atoms with Crippen LogP contribution in [0.25, 0.3) is 66.8 Å². The van der Waals surface area contributed by atoms with Crippen molar-refractivity contribution in [1.29, 1.82) is 0 Å². The molecule has 0 aromatic heterocycles. The van der Waals surface area contributed by atoms with Crippen LogP contribution in [0.15, 0.2) is 285 Å². The van der Waals surface area contributed by atoms with E-state index in [1.165, 1.54) is 122 Å². The van der Waals surface area contributed by atoms with Gasteiger partial charge >= 0.3 is 0 Å². The zero-order chi connectivity index (χ0) is 51.7. The summed E-state index contributed by atoms with van der Waals surface area (Å²) in [6, 6.07) is 107. The highest BCUT2D eigenvalue weighted by Gasteiger charge is 2.58. The van der Waals surface area contributed by atoms with Crippen LogP contribution >= 0.6 is 0 Å². The SMILES string of the molecule is CC1(C)c2cc(-c3ccccc3)ccc2-c2ccc(N(c3ccc(-c4ccccc4)cc3)c3cccc(-c4ccc5c(c4)-c4ccccc4C54c5ccccc5C5(c6ccccc6-c6ccccc65)c5ccccc54)c3)cc21. The van der Waals surface area contributed by atoms with Crippen LogP contribution in [-0.2, 0) is 16.2 Å². The third-order valence-electron chi connectivity index (χ3n) is 18.2. The lowest BCUT2D eigenvalue weighted by atomic mass is 9.52. The first kappa shape index (κ1) is 44.7. The van der Waals surface area contributed by atoms with Gasteiger partial charge in [-0.05, 0) is 171 Å². The fourth-order valence-electron chi connectivity index (χ4n) is 14.8. The monoisotopic (exact) mass is 991 g/mol. The fourth-order valence-corrected chi connectivity index (χ4v) is 14.8. The fraction of sp³-hybridized carbons (Fsp3) is 0.0649. The van der Waals surface area contributed by atoms with Crippen LogP contribution in [0.3, 0.4) is 0 Å². The molecule has 12 aromatic rings. The van der Waals surface area contributed by atoms with E-state index in [1.807, 2.05) is 0 Å². The van der Waals surface area contributed by atoms with Gasteiger partial charge in [0.15, 0.2) is 0 Å². The quantitative estimate of drug-likeness (QED) is 0.160. The summed E-state index contributed by atoms with van der Waals surface area (Å²) in [7, 11) is 0. The van der Waals surface area contributed by atoms with Gasteiger partial charge in [0.2, 0.25) is 0 Å². The van der Waals surface area contributed by atoms with Crippen molar-refractivity contribution in [3.05, 3.63) is 341 Å². The van der Waals surface area contributed by atoms with Crippen LogP contribution in [0, 0.1) is 0 Å². The normalized spacial score (nSPS) is 14.6. The number of rotatable bonds is 6. The van der Waals surface area contributed by atoms with Gasteiger partial charge in [0, 0.05) is 22.5 Å². The predicted molar refractivity (Wildman–Crippen MR) is 323 cm³/mol. The molecule has 0 aliphatic heterocycles. The van der Waals surface area contributed by atoms with Gasteiger partial charge in [-0.3, -0.25) is 0 Å². The highest BCUT2D eigenvalue weighted by atomic mass is 15.1. The molecule has 4 aliphatic carbocycles. The van der Waals surface area contributed by atoms with E-state index in [2.05, 4.69) is 304 Å². The molecule has 16 rings (SSSR count). The highest BCUT2D eigenvalue weighted by Crippen LogP contribution is 2.67. The number of hydrogen-bond acceptors (Lipinski definition) is 1. The van der Waals surface area contributed by atoms with E-state index < -0.39 is 10.8 Å². The smallest absolute Gasteiger partial charge is 0.0720 e. The van der Waals surface area contributed by atoms with Crippen molar-refractivity contribution in [2.75, 3.05) is 4.90 Å². The Kier molecular flexibility index (Phi) is 9.58. The first-order valence-electron chi connectivity index (χ1n) is 27.5. The number of fused-ring (bicyclic) bond motifs is 19. The summed E-state index contributed by atoms with van der Waals surface area (Å²) in [5.41, 5.74) is 30.7. The van der Waals surface area contributed by atoms with Crippen molar-refractivity contribution in [3.63, 3.8) is 0 Å². The third kappa shape index (κ3) is 6.07. The highest BCUT2D eigenvalue weighted by molar-refractivity contribution is 5.95. The van der Waals surface area contributed by atoms with Gasteiger partial charge in [-0.15, -0.1) is 0 Å². The zero-order valence-electron chi connectivity index (χ0n) is 43.6. The molecule has 4 aliphatic rings. The summed E-state index contributed by atoms with van der Waals surface area (Å²) in [5.74, 6) is 0. The Bertz CT molecular complexity index is 4310. The molecule has 78 heavy (non-hydrogen) atoms. The van der Waals surface area contributed by atoms with Crippen molar-refractivity contribution < 1.29 is 0 Å². The average Bonchev–Trinajstić information content (AvgIpc) is 2.80. The molecule has 0 atom stereocenters. The lowest BCUT2D eigenvalue weighted by Gasteiger charge is -2.48. The van der Waals surface area contributed by atoms with E-state index in [0.717, 1.165) is 17.1 Å². The number of nitrogens with zero attached hydrogens (tertiary/aromatic N) is 1. The molecule has 0 N–H and O–H groups in total. The topological polar surface area (TPSA) is 3.24 Å². The Morgan fingerprint density at radius 3 is 1.12 bits per heavy atom. The van der Waals surface area contributed by atoms with Gasteiger partial charge in [-0.1, -0.05) is 250 Å². The van der Waals surface area contributed by atoms with Crippen LogP contribution in [0.1, 0.15) is 69.5 Å². The molecule has 0 radical (unpaired) electrons. The minimum Gasteiger partial charge on any atom is -0.310 e. The van der Waals surface area contributed by atoms with Crippen LogP contribution in [0.2, 0.25) is 0 Å². The Balaban J connectivity index is 0.848. The molecule has 0 fully saturated rings. The maximum atomic E-state index is 2.48. The van der Waals surface area contributed by atoms with E-state index in [4.69, 9.17) is 0 Å². The summed E-state index contributed by atoms with van der Waals surface area (Å²) in [5, 5.41) is 0. The molecule has 2 spiro atoms. The minimum atomic E-state index is -0.538. The second kappa shape index (κ2) is 16.7. The maximum Gasteiger partial charge on any atom is 0.0720 e. The molecular formula is C77H53N. The van der Waals surface area contributed by atoms with E-state index in [1.54, 1.807) is 0 Å². The summed E-state index contributed by atoms with van der Waals surface area (Å²) >= 11 is 0. The zero-order valence-corrected chi connectivity index (χ0v) is 43.6. The molecule has 1 heteroatoms. The molecule has 0 bridgehead atoms. The summed E-state index contributed by atoms with van der Waals surface area (Å²) in [6.45, 7) is 4.78. The molecule has 0 amide bonds. The third-order valence-corrected chi connectivity index (χ3v) is 18.2. The largest absolute Gasteiger partial charge is 0.310 e. The lowest BCUT2D eigenvalue weighted by molar-refractivity contribution is 0.633. The van der Waals surface area contributed by atoms with Crippen molar-refractivity contribution in [2.24, 2.45) is 0 Å². The number of anilines is 3. The Morgan fingerprint density at radius 2 is 0.551 bits per heavy atom. The summed E-state index contributed by atoms with van der Waals surface area (Å²) in [4.78, 5) is 2.45. The van der Waals surface area contributed by atoms with Crippen LogP contribution in [0.4, 0.5) is 17.1 Å². The van der Waals surface area contributed by atoms with Gasteiger partial charge in [0.25, 0.3) is 0 Å². The first-order valence-corrected chi connectivity index (χ1v) is 27.5. The second-order valence-corrected chi connectivity index (χ2v) is 22.3. The Morgan fingerprint density at radius 1 is 0.205 bits per heavy atom. The molecule has 366 valence electrons. The Hall–Kier alpha value is -9.56. The minimum absolute atomic E-state index is 0.208. The molecule has 0 saturated carbocycles. The van der Waals surface area contributed by atoms with E-state index in [-0.39, 0.29) is 5.41 Å². The van der Waals surface area contributed by atoms with Crippen molar-refractivity contribution in [2.45, 2.75) is 30.1 Å². The van der Waals surface area contributed by atoms with Gasteiger partial charge in [0.05, 0.1) is 10.8 Å². The molecule has 0 saturated heterocycles. The molecule has 12 aromatic carbocycles. The van der Waals surface area contributed by atoms with Crippen LogP contribution in [0.5, 0.6) is 0 Å².